The number of benzene rings is 2. The zero-order valence-electron chi connectivity index (χ0n) is 9.42. The van der Waals surface area contributed by atoms with E-state index in [0.29, 0.717) is 16.6 Å². The van der Waals surface area contributed by atoms with E-state index in [1.807, 2.05) is 18.2 Å². The number of aromatic nitrogens is 2. The van der Waals surface area contributed by atoms with Crippen LogP contribution in [0.5, 0.6) is 5.75 Å². The van der Waals surface area contributed by atoms with Gasteiger partial charge < -0.3 is 10.1 Å². The third-order valence-corrected chi connectivity index (χ3v) is 2.72. The summed E-state index contributed by atoms with van der Waals surface area (Å²) in [4.78, 5) is 19.3. The number of rotatable bonds is 2. The molecule has 3 aromatic rings. The Morgan fingerprint density at radius 2 is 1.89 bits per heavy atom. The third-order valence-electron chi connectivity index (χ3n) is 2.72. The molecule has 88 valence electrons. The van der Waals surface area contributed by atoms with Gasteiger partial charge in [-0.15, -0.1) is 0 Å². The highest BCUT2D eigenvalue weighted by atomic mass is 16.3. The molecule has 0 fully saturated rings. The summed E-state index contributed by atoms with van der Waals surface area (Å²) in [5.41, 5.74) is 1.89. The first-order valence-electron chi connectivity index (χ1n) is 5.52. The molecule has 0 saturated heterocycles. The number of H-pyrrole nitrogens is 1. The number of aromatic hydroxyl groups is 1. The Bertz CT molecular complexity index is 717. The van der Waals surface area contributed by atoms with Gasteiger partial charge in [-0.2, -0.15) is 0 Å². The van der Waals surface area contributed by atoms with Crippen molar-refractivity contribution in [3.8, 4) is 5.75 Å². The summed E-state index contributed by atoms with van der Waals surface area (Å²) < 4.78 is 0. The smallest absolute Gasteiger partial charge is 0.228 e. The normalized spacial score (nSPS) is 10.7. The van der Waals surface area contributed by atoms with Crippen LogP contribution < -0.4 is 0 Å². The van der Waals surface area contributed by atoms with Crippen LogP contribution in [0.15, 0.2) is 48.5 Å². The first-order valence-corrected chi connectivity index (χ1v) is 5.52. The van der Waals surface area contributed by atoms with Gasteiger partial charge in [-0.1, -0.05) is 30.3 Å². The Labute approximate surface area is 103 Å². The Balaban J connectivity index is 2.07. The van der Waals surface area contributed by atoms with E-state index < -0.39 is 0 Å². The van der Waals surface area contributed by atoms with Crippen LogP contribution in [-0.2, 0) is 0 Å². The minimum absolute atomic E-state index is 0.143. The lowest BCUT2D eigenvalue weighted by atomic mass is 10.1. The molecule has 4 heteroatoms. The number of imidazole rings is 1. The number of carbonyl (C=O) groups excluding carboxylic acids is 1. The lowest BCUT2D eigenvalue weighted by Crippen LogP contribution is -2.02. The predicted molar refractivity (Wildman–Crippen MR) is 67.6 cm³/mol. The number of phenolic OH excluding ortho intramolecular Hbond substituents is 1. The lowest BCUT2D eigenvalue weighted by Gasteiger charge is -1.95. The average molecular weight is 238 g/mol. The number of hydrogen-bond acceptors (Lipinski definition) is 3. The molecule has 0 radical (unpaired) electrons. The van der Waals surface area contributed by atoms with Crippen molar-refractivity contribution < 1.29 is 9.90 Å². The average Bonchev–Trinajstić information content (AvgIpc) is 2.81. The lowest BCUT2D eigenvalue weighted by molar-refractivity contribution is 0.103. The van der Waals surface area contributed by atoms with Gasteiger partial charge in [-0.25, -0.2) is 4.98 Å². The van der Waals surface area contributed by atoms with E-state index >= 15 is 0 Å². The van der Waals surface area contributed by atoms with Gasteiger partial charge in [0.2, 0.25) is 5.78 Å². The standard InChI is InChI=1S/C14H10N2O2/c17-10-6-7-11-12(8-10)16-14(15-11)13(18)9-4-2-1-3-5-9/h1-8,17H,(H,15,16). The number of carbonyl (C=O) groups is 1. The van der Waals surface area contributed by atoms with Gasteiger partial charge in [-0.3, -0.25) is 4.79 Å². The Kier molecular flexibility index (Phi) is 2.34. The molecule has 0 saturated carbocycles. The molecular formula is C14H10N2O2. The summed E-state index contributed by atoms with van der Waals surface area (Å²) in [7, 11) is 0. The molecule has 1 aromatic heterocycles. The van der Waals surface area contributed by atoms with Crippen LogP contribution in [0.4, 0.5) is 0 Å². The predicted octanol–water partition coefficient (Wildman–Crippen LogP) is 2.50. The van der Waals surface area contributed by atoms with Crippen LogP contribution >= 0.6 is 0 Å². The molecule has 0 atom stereocenters. The maximum atomic E-state index is 12.1. The van der Waals surface area contributed by atoms with E-state index in [1.54, 1.807) is 30.3 Å². The zero-order valence-corrected chi connectivity index (χ0v) is 9.42. The number of hydrogen-bond donors (Lipinski definition) is 2. The van der Waals surface area contributed by atoms with E-state index in [4.69, 9.17) is 0 Å². The summed E-state index contributed by atoms with van der Waals surface area (Å²) in [6.07, 6.45) is 0. The van der Waals surface area contributed by atoms with Crippen LogP contribution in [-0.4, -0.2) is 20.9 Å². The van der Waals surface area contributed by atoms with Crippen LogP contribution in [0.2, 0.25) is 0 Å². The Hall–Kier alpha value is -2.62. The number of nitrogens with zero attached hydrogens (tertiary/aromatic N) is 1. The van der Waals surface area contributed by atoms with Crippen molar-refractivity contribution in [3.05, 3.63) is 59.9 Å². The number of aromatic amines is 1. The van der Waals surface area contributed by atoms with Crippen LogP contribution in [0.3, 0.4) is 0 Å². The molecule has 0 amide bonds. The summed E-state index contributed by atoms with van der Waals surface area (Å²) in [6, 6.07) is 13.7. The van der Waals surface area contributed by atoms with Crippen LogP contribution in [0, 0.1) is 0 Å². The highest BCUT2D eigenvalue weighted by Gasteiger charge is 2.13. The van der Waals surface area contributed by atoms with E-state index in [-0.39, 0.29) is 17.4 Å². The first kappa shape index (κ1) is 10.5. The fraction of sp³-hybridized carbons (Fsp3) is 0. The molecular weight excluding hydrogens is 228 g/mol. The molecule has 2 aromatic carbocycles. The molecule has 18 heavy (non-hydrogen) atoms. The van der Waals surface area contributed by atoms with Crippen molar-refractivity contribution in [1.82, 2.24) is 9.97 Å². The topological polar surface area (TPSA) is 66.0 Å². The zero-order chi connectivity index (χ0) is 12.5. The quantitative estimate of drug-likeness (QED) is 0.674. The molecule has 0 aliphatic rings. The summed E-state index contributed by atoms with van der Waals surface area (Å²) in [5.74, 6) is 0.262. The highest BCUT2D eigenvalue weighted by Crippen LogP contribution is 2.18. The summed E-state index contributed by atoms with van der Waals surface area (Å²) in [6.45, 7) is 0. The second kappa shape index (κ2) is 4.00. The second-order valence-corrected chi connectivity index (χ2v) is 3.98. The molecule has 0 unspecified atom stereocenters. The van der Waals surface area contributed by atoms with Gasteiger partial charge >= 0.3 is 0 Å². The molecule has 2 N–H and O–H groups in total. The van der Waals surface area contributed by atoms with E-state index in [9.17, 15) is 9.90 Å². The van der Waals surface area contributed by atoms with Gasteiger partial charge in [0.25, 0.3) is 0 Å². The van der Waals surface area contributed by atoms with Crippen molar-refractivity contribution in [3.63, 3.8) is 0 Å². The van der Waals surface area contributed by atoms with Crippen molar-refractivity contribution in [1.29, 1.82) is 0 Å². The second-order valence-electron chi connectivity index (χ2n) is 3.98. The van der Waals surface area contributed by atoms with Gasteiger partial charge in [0.15, 0.2) is 5.82 Å². The minimum Gasteiger partial charge on any atom is -0.508 e. The van der Waals surface area contributed by atoms with E-state index in [2.05, 4.69) is 9.97 Å². The number of ketones is 1. The summed E-state index contributed by atoms with van der Waals surface area (Å²) in [5, 5.41) is 9.36. The van der Waals surface area contributed by atoms with Crippen LogP contribution in [0.25, 0.3) is 11.0 Å². The molecule has 4 nitrogen and oxygen atoms in total. The Morgan fingerprint density at radius 1 is 1.11 bits per heavy atom. The maximum Gasteiger partial charge on any atom is 0.228 e. The van der Waals surface area contributed by atoms with Crippen molar-refractivity contribution in [2.75, 3.05) is 0 Å². The molecule has 1 heterocycles. The van der Waals surface area contributed by atoms with Gasteiger partial charge in [-0.05, 0) is 12.1 Å². The monoisotopic (exact) mass is 238 g/mol. The Morgan fingerprint density at radius 3 is 2.67 bits per heavy atom. The molecule has 0 aliphatic heterocycles. The van der Waals surface area contributed by atoms with Gasteiger partial charge in [0.05, 0.1) is 11.0 Å². The molecule has 3 rings (SSSR count). The van der Waals surface area contributed by atoms with E-state index in [1.165, 1.54) is 0 Å². The first-order chi connectivity index (χ1) is 8.74. The molecule has 0 bridgehead atoms. The maximum absolute atomic E-state index is 12.1. The fourth-order valence-electron chi connectivity index (χ4n) is 1.83. The largest absolute Gasteiger partial charge is 0.508 e. The van der Waals surface area contributed by atoms with E-state index in [0.717, 1.165) is 0 Å². The highest BCUT2D eigenvalue weighted by molar-refractivity contribution is 6.07. The summed E-state index contributed by atoms with van der Waals surface area (Å²) >= 11 is 0. The third kappa shape index (κ3) is 1.73. The van der Waals surface area contributed by atoms with Crippen molar-refractivity contribution in [2.24, 2.45) is 0 Å². The van der Waals surface area contributed by atoms with Gasteiger partial charge in [0.1, 0.15) is 5.75 Å². The van der Waals surface area contributed by atoms with Crippen molar-refractivity contribution >= 4 is 16.8 Å². The number of phenols is 1. The molecule has 0 aliphatic carbocycles. The molecule has 0 spiro atoms. The van der Waals surface area contributed by atoms with Crippen molar-refractivity contribution in [2.45, 2.75) is 0 Å². The van der Waals surface area contributed by atoms with Crippen LogP contribution in [0.1, 0.15) is 16.2 Å². The SMILES string of the molecule is O=C(c1ccccc1)c1nc2ccc(O)cc2[nH]1. The number of fused-ring (bicyclic) bond motifs is 1. The van der Waals surface area contributed by atoms with Gasteiger partial charge in [0, 0.05) is 11.6 Å². The number of nitrogens with one attached hydrogen (secondary N) is 1. The fourth-order valence-corrected chi connectivity index (χ4v) is 1.83. The minimum atomic E-state index is -0.161.